The van der Waals surface area contributed by atoms with Gasteiger partial charge in [-0.1, -0.05) is 51.1 Å². The zero-order valence-electron chi connectivity index (χ0n) is 13.4. The molecule has 118 valence electrons. The van der Waals surface area contributed by atoms with Gasteiger partial charge in [-0.25, -0.2) is 4.98 Å². The lowest BCUT2D eigenvalue weighted by atomic mass is 9.93. The Hall–Kier alpha value is -2.40. The van der Waals surface area contributed by atoms with Crippen molar-refractivity contribution >= 4 is 33.5 Å². The van der Waals surface area contributed by atoms with E-state index in [0.717, 1.165) is 21.6 Å². The maximum Gasteiger partial charge on any atom is 0.203 e. The second-order valence-electron chi connectivity index (χ2n) is 6.38. The van der Waals surface area contributed by atoms with Crippen molar-refractivity contribution in [2.24, 2.45) is 5.10 Å². The Balaban J connectivity index is 1.84. The molecule has 0 saturated carbocycles. The number of phenolic OH excluding ortho intramolecular Hbond substituents is 1. The Morgan fingerprint density at radius 2 is 1.96 bits per heavy atom. The van der Waals surface area contributed by atoms with Crippen LogP contribution in [0, 0.1) is 0 Å². The Morgan fingerprint density at radius 1 is 1.17 bits per heavy atom. The van der Waals surface area contributed by atoms with E-state index < -0.39 is 0 Å². The molecule has 0 aliphatic carbocycles. The summed E-state index contributed by atoms with van der Waals surface area (Å²) in [6, 6.07) is 11.5. The number of aromatic nitrogens is 1. The lowest BCUT2D eigenvalue weighted by molar-refractivity contribution is 0.475. The van der Waals surface area contributed by atoms with Gasteiger partial charge >= 0.3 is 0 Å². The van der Waals surface area contributed by atoms with Gasteiger partial charge in [0.15, 0.2) is 0 Å². The first-order valence-electron chi connectivity index (χ1n) is 7.41. The highest BCUT2D eigenvalue weighted by Crippen LogP contribution is 2.27. The smallest absolute Gasteiger partial charge is 0.203 e. The van der Waals surface area contributed by atoms with Crippen LogP contribution in [0.3, 0.4) is 0 Å². The van der Waals surface area contributed by atoms with Crippen LogP contribution < -0.4 is 5.43 Å². The summed E-state index contributed by atoms with van der Waals surface area (Å²) in [7, 11) is 0. The number of phenols is 1. The van der Waals surface area contributed by atoms with Gasteiger partial charge < -0.3 is 5.11 Å². The van der Waals surface area contributed by atoms with E-state index in [1.165, 1.54) is 11.3 Å². The van der Waals surface area contributed by atoms with Crippen LogP contribution in [-0.4, -0.2) is 16.3 Å². The summed E-state index contributed by atoms with van der Waals surface area (Å²) < 4.78 is 0. The topological polar surface area (TPSA) is 57.5 Å². The molecule has 3 rings (SSSR count). The van der Waals surface area contributed by atoms with Gasteiger partial charge in [0.1, 0.15) is 5.75 Å². The number of thiazole rings is 1. The number of rotatable bonds is 3. The predicted octanol–water partition coefficient (Wildman–Crippen LogP) is 4.75. The first kappa shape index (κ1) is 15.5. The Morgan fingerprint density at radius 3 is 2.70 bits per heavy atom. The van der Waals surface area contributed by atoms with E-state index in [-0.39, 0.29) is 11.2 Å². The molecule has 0 aliphatic rings. The number of fused-ring (bicyclic) bond motifs is 1. The van der Waals surface area contributed by atoms with Crippen molar-refractivity contribution in [1.29, 1.82) is 0 Å². The molecular formula is C18H19N3OS. The van der Waals surface area contributed by atoms with Crippen LogP contribution in [0.1, 0.15) is 32.0 Å². The van der Waals surface area contributed by atoms with Crippen molar-refractivity contribution in [3.8, 4) is 5.75 Å². The first-order valence-corrected chi connectivity index (χ1v) is 8.29. The molecule has 1 heterocycles. The Bertz CT molecular complexity index is 862. The lowest BCUT2D eigenvalue weighted by Gasteiger charge is -2.13. The van der Waals surface area contributed by atoms with Crippen molar-refractivity contribution in [3.63, 3.8) is 0 Å². The number of nitrogens with one attached hydrogen (secondary N) is 1. The third kappa shape index (κ3) is 3.35. The van der Waals surface area contributed by atoms with Crippen molar-refractivity contribution in [1.82, 2.24) is 4.98 Å². The molecule has 0 unspecified atom stereocenters. The van der Waals surface area contributed by atoms with Gasteiger partial charge in [0.05, 0.1) is 11.9 Å². The highest BCUT2D eigenvalue weighted by Gasteiger charge is 2.17. The summed E-state index contributed by atoms with van der Waals surface area (Å²) in [5, 5.41) is 19.1. The number of nitrogens with zero attached hydrogens (tertiary/aromatic N) is 2. The normalized spacial score (nSPS) is 12.1. The zero-order chi connectivity index (χ0) is 16.4. The molecular weight excluding hydrogens is 306 g/mol. The number of aromatic hydroxyl groups is 1. The van der Waals surface area contributed by atoms with Crippen LogP contribution in [0.15, 0.2) is 46.9 Å². The molecule has 0 fully saturated rings. The highest BCUT2D eigenvalue weighted by molar-refractivity contribution is 7.13. The molecule has 0 aliphatic heterocycles. The molecule has 0 bridgehead atoms. The van der Waals surface area contributed by atoms with Crippen LogP contribution >= 0.6 is 11.3 Å². The SMILES string of the molecule is CC(C)(C)c1csc(NN=Cc2c(O)ccc3ccccc23)n1. The second kappa shape index (κ2) is 6.01. The minimum atomic E-state index is 0.0219. The van der Waals surface area contributed by atoms with E-state index in [2.05, 4.69) is 36.3 Å². The molecule has 0 saturated heterocycles. The lowest BCUT2D eigenvalue weighted by Crippen LogP contribution is -2.11. The fraction of sp³-hybridized carbons (Fsp3) is 0.222. The molecule has 4 nitrogen and oxygen atoms in total. The van der Waals surface area contributed by atoms with Crippen LogP contribution in [0.5, 0.6) is 5.75 Å². The third-order valence-corrected chi connectivity index (χ3v) is 4.32. The molecule has 0 amide bonds. The minimum absolute atomic E-state index is 0.0219. The average Bonchev–Trinajstić information content (AvgIpc) is 2.98. The first-order chi connectivity index (χ1) is 10.9. The quantitative estimate of drug-likeness (QED) is 0.540. The number of hydrazone groups is 1. The zero-order valence-corrected chi connectivity index (χ0v) is 14.2. The second-order valence-corrected chi connectivity index (χ2v) is 7.24. The fourth-order valence-corrected chi connectivity index (χ4v) is 3.13. The molecule has 2 aromatic carbocycles. The summed E-state index contributed by atoms with van der Waals surface area (Å²) in [5.41, 5.74) is 4.70. The van der Waals surface area contributed by atoms with Gasteiger partial charge in [-0.3, -0.25) is 5.43 Å². The fourth-order valence-electron chi connectivity index (χ4n) is 2.24. The maximum absolute atomic E-state index is 10.1. The Kier molecular flexibility index (Phi) is 4.05. The summed E-state index contributed by atoms with van der Waals surface area (Å²) in [5.74, 6) is 0.212. The van der Waals surface area contributed by atoms with E-state index in [4.69, 9.17) is 0 Å². The van der Waals surface area contributed by atoms with Gasteiger partial charge in [0, 0.05) is 16.4 Å². The molecule has 1 aromatic heterocycles. The molecule has 0 radical (unpaired) electrons. The molecule has 0 spiro atoms. The number of hydrogen-bond donors (Lipinski definition) is 2. The van der Waals surface area contributed by atoms with Crippen molar-refractivity contribution in [2.45, 2.75) is 26.2 Å². The van der Waals surface area contributed by atoms with Gasteiger partial charge in [-0.2, -0.15) is 5.10 Å². The highest BCUT2D eigenvalue weighted by atomic mass is 32.1. The van der Waals surface area contributed by atoms with Gasteiger partial charge in [0.2, 0.25) is 5.13 Å². The van der Waals surface area contributed by atoms with Crippen molar-refractivity contribution in [2.75, 3.05) is 5.43 Å². The summed E-state index contributed by atoms with van der Waals surface area (Å²) in [6.07, 6.45) is 1.63. The van der Waals surface area contributed by atoms with Crippen molar-refractivity contribution < 1.29 is 5.11 Å². The van der Waals surface area contributed by atoms with Gasteiger partial charge in [-0.05, 0) is 16.8 Å². The van der Waals surface area contributed by atoms with Gasteiger partial charge in [0.25, 0.3) is 0 Å². The molecule has 5 heteroatoms. The van der Waals surface area contributed by atoms with E-state index in [1.54, 1.807) is 12.3 Å². The Labute approximate surface area is 139 Å². The molecule has 2 N–H and O–H groups in total. The van der Waals surface area contributed by atoms with E-state index in [0.29, 0.717) is 5.56 Å². The number of hydrogen-bond acceptors (Lipinski definition) is 5. The van der Waals surface area contributed by atoms with Gasteiger partial charge in [-0.15, -0.1) is 11.3 Å². The van der Waals surface area contributed by atoms with Crippen LogP contribution in [-0.2, 0) is 5.41 Å². The third-order valence-electron chi connectivity index (χ3n) is 3.57. The largest absolute Gasteiger partial charge is 0.507 e. The molecule has 23 heavy (non-hydrogen) atoms. The number of benzene rings is 2. The van der Waals surface area contributed by atoms with Crippen molar-refractivity contribution in [3.05, 3.63) is 53.0 Å². The summed E-state index contributed by atoms with van der Waals surface area (Å²) in [4.78, 5) is 4.53. The van der Waals surface area contributed by atoms with E-state index in [9.17, 15) is 5.11 Å². The predicted molar refractivity (Wildman–Crippen MR) is 97.6 cm³/mol. The minimum Gasteiger partial charge on any atom is -0.507 e. The molecule has 3 aromatic rings. The van der Waals surface area contributed by atoms with E-state index >= 15 is 0 Å². The monoisotopic (exact) mass is 325 g/mol. The van der Waals surface area contributed by atoms with Crippen LogP contribution in [0.2, 0.25) is 0 Å². The summed E-state index contributed by atoms with van der Waals surface area (Å²) >= 11 is 1.52. The van der Waals surface area contributed by atoms with Crippen LogP contribution in [0.4, 0.5) is 5.13 Å². The van der Waals surface area contributed by atoms with E-state index in [1.807, 2.05) is 35.7 Å². The average molecular weight is 325 g/mol. The standard InChI is InChI=1S/C18H19N3OS/c1-18(2,3)16-11-23-17(20-16)21-19-10-14-13-7-5-4-6-12(13)8-9-15(14)22/h4-11,22H,1-3H3,(H,20,21). The van der Waals surface area contributed by atoms with Crippen LogP contribution in [0.25, 0.3) is 10.8 Å². The number of anilines is 1. The summed E-state index contributed by atoms with van der Waals surface area (Å²) in [6.45, 7) is 6.38. The molecule has 0 atom stereocenters. The maximum atomic E-state index is 10.1.